The fourth-order valence-corrected chi connectivity index (χ4v) is 3.94. The predicted molar refractivity (Wildman–Crippen MR) is 110 cm³/mol. The average molecular weight is 426 g/mol. The fraction of sp³-hybridized carbons (Fsp3) is 0.316. The molecule has 0 aromatic heterocycles. The molecule has 1 saturated heterocycles. The number of nitrogens with one attached hydrogen (secondary N) is 3. The molecule has 1 aliphatic heterocycles. The second-order valence-corrected chi connectivity index (χ2v) is 7.96. The molecule has 9 heteroatoms. The van der Waals surface area contributed by atoms with E-state index in [4.69, 9.17) is 4.74 Å². The highest BCUT2D eigenvalue weighted by Gasteiger charge is 2.18. The quantitative estimate of drug-likeness (QED) is 0.629. The summed E-state index contributed by atoms with van der Waals surface area (Å²) in [5, 5.41) is 6.07. The molecule has 0 bridgehead atoms. The van der Waals surface area contributed by atoms with Crippen LogP contribution in [-0.4, -0.2) is 40.1 Å². The first-order chi connectivity index (χ1) is 13.0. The van der Waals surface area contributed by atoms with Crippen LogP contribution in [0.2, 0.25) is 0 Å². The first-order valence-corrected chi connectivity index (χ1v) is 10.3. The van der Waals surface area contributed by atoms with Crippen LogP contribution < -0.4 is 15.4 Å². The molecule has 1 amide bonds. The molecule has 152 valence electrons. The number of sulfonamides is 1. The van der Waals surface area contributed by atoms with Gasteiger partial charge in [-0.3, -0.25) is 9.52 Å². The zero-order valence-corrected chi connectivity index (χ0v) is 16.9. The average Bonchev–Trinajstić information content (AvgIpc) is 2.68. The summed E-state index contributed by atoms with van der Waals surface area (Å²) in [6.07, 6.45) is 0.317. The number of carbonyl (C=O) groups excluding carboxylic acids is 1. The Balaban J connectivity index is 0.00000280. The summed E-state index contributed by atoms with van der Waals surface area (Å²) in [5.74, 6) is -0.112. The van der Waals surface area contributed by atoms with Crippen LogP contribution in [0.15, 0.2) is 59.5 Å². The highest BCUT2D eigenvalue weighted by Crippen LogP contribution is 2.20. The van der Waals surface area contributed by atoms with E-state index in [1.807, 2.05) is 0 Å². The van der Waals surface area contributed by atoms with E-state index in [1.165, 1.54) is 12.1 Å². The maximum atomic E-state index is 12.5. The number of rotatable bonds is 7. The van der Waals surface area contributed by atoms with Crippen LogP contribution in [-0.2, 0) is 26.1 Å². The van der Waals surface area contributed by atoms with Crippen molar-refractivity contribution in [2.24, 2.45) is 0 Å². The molecule has 1 aliphatic rings. The monoisotopic (exact) mass is 425 g/mol. The van der Waals surface area contributed by atoms with E-state index in [1.54, 1.807) is 42.5 Å². The molecule has 1 atom stereocenters. The van der Waals surface area contributed by atoms with Crippen LogP contribution in [0, 0.1) is 0 Å². The summed E-state index contributed by atoms with van der Waals surface area (Å²) in [7, 11) is -3.69. The van der Waals surface area contributed by atoms with E-state index < -0.39 is 10.0 Å². The molecule has 0 spiro atoms. The molecule has 3 rings (SSSR count). The number of halogens is 1. The van der Waals surface area contributed by atoms with E-state index >= 15 is 0 Å². The van der Waals surface area contributed by atoms with Gasteiger partial charge in [-0.25, -0.2) is 8.42 Å². The molecule has 1 fully saturated rings. The maximum absolute atomic E-state index is 12.5. The molecule has 0 radical (unpaired) electrons. The number of morpholine rings is 1. The SMILES string of the molecule is Cl.O=C(CC1COCCN1)NCc1ccccc1NS(=O)(=O)c1ccccc1. The van der Waals surface area contributed by atoms with Gasteiger partial charge in [-0.05, 0) is 23.8 Å². The lowest BCUT2D eigenvalue weighted by molar-refractivity contribution is -0.122. The van der Waals surface area contributed by atoms with E-state index in [0.717, 1.165) is 6.54 Å². The van der Waals surface area contributed by atoms with Crippen LogP contribution in [0.1, 0.15) is 12.0 Å². The van der Waals surface area contributed by atoms with Crippen molar-refractivity contribution in [3.63, 3.8) is 0 Å². The second kappa shape index (κ2) is 10.4. The third kappa shape index (κ3) is 6.20. The lowest BCUT2D eigenvalue weighted by Gasteiger charge is -2.23. The molecule has 1 heterocycles. The van der Waals surface area contributed by atoms with Gasteiger partial charge in [0.05, 0.1) is 23.8 Å². The third-order valence-electron chi connectivity index (χ3n) is 4.22. The molecule has 0 saturated carbocycles. The third-order valence-corrected chi connectivity index (χ3v) is 5.60. The molecule has 28 heavy (non-hydrogen) atoms. The lowest BCUT2D eigenvalue weighted by atomic mass is 10.1. The topological polar surface area (TPSA) is 96.5 Å². The number of carbonyl (C=O) groups is 1. The summed E-state index contributed by atoms with van der Waals surface area (Å²) in [4.78, 5) is 12.3. The van der Waals surface area contributed by atoms with Crippen molar-refractivity contribution >= 4 is 34.0 Å². The lowest BCUT2D eigenvalue weighted by Crippen LogP contribution is -2.44. The van der Waals surface area contributed by atoms with Gasteiger partial charge >= 0.3 is 0 Å². The van der Waals surface area contributed by atoms with Gasteiger partial charge in [0, 0.05) is 25.6 Å². The van der Waals surface area contributed by atoms with Gasteiger partial charge in [0.1, 0.15) is 0 Å². The number of amides is 1. The van der Waals surface area contributed by atoms with Gasteiger partial charge in [-0.1, -0.05) is 36.4 Å². The van der Waals surface area contributed by atoms with Crippen LogP contribution >= 0.6 is 12.4 Å². The Labute approximate surface area is 171 Å². The van der Waals surface area contributed by atoms with Gasteiger partial charge < -0.3 is 15.4 Å². The van der Waals surface area contributed by atoms with Gasteiger partial charge in [0.15, 0.2) is 0 Å². The number of anilines is 1. The van der Waals surface area contributed by atoms with Crippen LogP contribution in [0.4, 0.5) is 5.69 Å². The Morgan fingerprint density at radius 1 is 1.11 bits per heavy atom. The molecule has 0 aliphatic carbocycles. The summed E-state index contributed by atoms with van der Waals surface area (Å²) in [6.45, 7) is 2.15. The highest BCUT2D eigenvalue weighted by molar-refractivity contribution is 7.92. The van der Waals surface area contributed by atoms with Gasteiger partial charge in [-0.15, -0.1) is 12.4 Å². The van der Waals surface area contributed by atoms with Crippen molar-refractivity contribution in [1.29, 1.82) is 0 Å². The molecule has 1 unspecified atom stereocenters. The van der Waals surface area contributed by atoms with E-state index in [9.17, 15) is 13.2 Å². The molecule has 2 aromatic carbocycles. The van der Waals surface area contributed by atoms with Crippen LogP contribution in [0.5, 0.6) is 0 Å². The molecule has 3 N–H and O–H groups in total. The fourth-order valence-electron chi connectivity index (χ4n) is 2.82. The van der Waals surface area contributed by atoms with Gasteiger partial charge in [-0.2, -0.15) is 0 Å². The normalized spacial score (nSPS) is 16.6. The minimum atomic E-state index is -3.69. The highest BCUT2D eigenvalue weighted by atomic mass is 35.5. The Hall–Kier alpha value is -2.13. The second-order valence-electron chi connectivity index (χ2n) is 6.28. The summed E-state index contributed by atoms with van der Waals surface area (Å²) >= 11 is 0. The van der Waals surface area contributed by atoms with E-state index in [2.05, 4.69) is 15.4 Å². The number of ether oxygens (including phenoxy) is 1. The van der Waals surface area contributed by atoms with Crippen molar-refractivity contribution < 1.29 is 17.9 Å². The van der Waals surface area contributed by atoms with Crippen LogP contribution in [0.25, 0.3) is 0 Å². The van der Waals surface area contributed by atoms with Crippen molar-refractivity contribution in [1.82, 2.24) is 10.6 Å². The Morgan fingerprint density at radius 2 is 1.82 bits per heavy atom. The molecular weight excluding hydrogens is 402 g/mol. The Kier molecular flexibility index (Phi) is 8.25. The molecular formula is C19H24ClN3O4S. The largest absolute Gasteiger partial charge is 0.378 e. The van der Waals surface area contributed by atoms with Crippen molar-refractivity contribution in [2.45, 2.75) is 23.9 Å². The minimum absolute atomic E-state index is 0. The number of hydrogen-bond donors (Lipinski definition) is 3. The standard InChI is InChI=1S/C19H23N3O4S.ClH/c23-19(12-16-14-26-11-10-20-16)21-13-15-6-4-5-9-18(15)22-27(24,25)17-7-2-1-3-8-17;/h1-9,16,20,22H,10-14H2,(H,21,23);1H. The van der Waals surface area contributed by atoms with E-state index in [-0.39, 0.29) is 35.8 Å². The predicted octanol–water partition coefficient (Wildman–Crippen LogP) is 1.90. The van der Waals surface area contributed by atoms with Crippen molar-refractivity contribution in [3.05, 3.63) is 60.2 Å². The number of benzene rings is 2. The first kappa shape index (κ1) is 22.2. The minimum Gasteiger partial charge on any atom is -0.378 e. The molecule has 2 aromatic rings. The van der Waals surface area contributed by atoms with Crippen molar-refractivity contribution in [2.75, 3.05) is 24.5 Å². The Bertz CT molecular complexity index is 872. The Morgan fingerprint density at radius 3 is 2.54 bits per heavy atom. The summed E-state index contributed by atoms with van der Waals surface area (Å²) in [5.41, 5.74) is 1.14. The van der Waals surface area contributed by atoms with Gasteiger partial charge in [0.2, 0.25) is 5.91 Å². The number of para-hydroxylation sites is 1. The van der Waals surface area contributed by atoms with Crippen molar-refractivity contribution in [3.8, 4) is 0 Å². The number of hydrogen-bond acceptors (Lipinski definition) is 5. The van der Waals surface area contributed by atoms with Gasteiger partial charge in [0.25, 0.3) is 10.0 Å². The summed E-state index contributed by atoms with van der Waals surface area (Å²) in [6, 6.07) is 15.2. The smallest absolute Gasteiger partial charge is 0.261 e. The zero-order valence-electron chi connectivity index (χ0n) is 15.3. The summed E-state index contributed by atoms with van der Waals surface area (Å²) < 4.78 is 33.0. The van der Waals surface area contributed by atoms with E-state index in [0.29, 0.717) is 30.9 Å². The first-order valence-electron chi connectivity index (χ1n) is 8.78. The zero-order chi connectivity index (χ0) is 19.1. The van der Waals surface area contributed by atoms with Crippen LogP contribution in [0.3, 0.4) is 0 Å². The molecule has 7 nitrogen and oxygen atoms in total. The maximum Gasteiger partial charge on any atom is 0.261 e.